The van der Waals surface area contributed by atoms with Gasteiger partial charge in [0.25, 0.3) is 0 Å². The van der Waals surface area contributed by atoms with Crippen molar-refractivity contribution < 1.29 is 4.74 Å². The van der Waals surface area contributed by atoms with Crippen LogP contribution >= 0.6 is 0 Å². The summed E-state index contributed by atoms with van der Waals surface area (Å²) in [5.41, 5.74) is 6.36. The molecular weight excluding hydrogens is 198 g/mol. The highest BCUT2D eigenvalue weighted by atomic mass is 16.5. The van der Waals surface area contributed by atoms with Crippen LogP contribution in [0.25, 0.3) is 0 Å². The Morgan fingerprint density at radius 1 is 1.38 bits per heavy atom. The zero-order valence-electron chi connectivity index (χ0n) is 11.5. The summed E-state index contributed by atoms with van der Waals surface area (Å²) in [4.78, 5) is 0. The minimum absolute atomic E-state index is 0.0318. The van der Waals surface area contributed by atoms with Crippen LogP contribution in [0.2, 0.25) is 0 Å². The first-order chi connectivity index (χ1) is 7.54. The molecule has 2 nitrogen and oxygen atoms in total. The van der Waals surface area contributed by atoms with Crippen LogP contribution in [-0.2, 0) is 4.74 Å². The molecule has 2 unspecified atom stereocenters. The molecule has 0 saturated heterocycles. The summed E-state index contributed by atoms with van der Waals surface area (Å²) in [5.74, 6) is 1.56. The topological polar surface area (TPSA) is 35.2 Å². The van der Waals surface area contributed by atoms with Gasteiger partial charge < -0.3 is 10.5 Å². The molecule has 0 aromatic rings. The maximum Gasteiger partial charge on any atom is 0.0829 e. The summed E-state index contributed by atoms with van der Waals surface area (Å²) in [6, 6.07) is 0.208. The van der Waals surface area contributed by atoms with Crippen molar-refractivity contribution in [1.29, 1.82) is 0 Å². The normalized spacial score (nSPS) is 34.7. The summed E-state index contributed by atoms with van der Waals surface area (Å²) in [6.07, 6.45) is 7.12. The van der Waals surface area contributed by atoms with Crippen LogP contribution in [0.4, 0.5) is 0 Å². The van der Waals surface area contributed by atoms with Crippen molar-refractivity contribution in [2.24, 2.45) is 17.6 Å². The van der Waals surface area contributed by atoms with E-state index in [1.165, 1.54) is 19.3 Å². The third-order valence-corrected chi connectivity index (χ3v) is 4.56. The second-order valence-corrected chi connectivity index (χ2v) is 5.81. The molecule has 2 N–H and O–H groups in total. The third kappa shape index (κ3) is 3.21. The van der Waals surface area contributed by atoms with Gasteiger partial charge in [-0.2, -0.15) is 0 Å². The zero-order chi connectivity index (χ0) is 12.2. The average molecular weight is 227 g/mol. The van der Waals surface area contributed by atoms with Crippen LogP contribution in [0.1, 0.15) is 59.3 Å². The minimum Gasteiger partial charge on any atom is -0.377 e. The van der Waals surface area contributed by atoms with E-state index in [4.69, 9.17) is 10.5 Å². The predicted molar refractivity (Wildman–Crippen MR) is 69.4 cm³/mol. The summed E-state index contributed by atoms with van der Waals surface area (Å²) >= 11 is 0. The summed E-state index contributed by atoms with van der Waals surface area (Å²) < 4.78 is 5.81. The van der Waals surface area contributed by atoms with E-state index in [0.29, 0.717) is 5.92 Å². The van der Waals surface area contributed by atoms with Gasteiger partial charge in [0.15, 0.2) is 0 Å². The molecule has 0 bridgehead atoms. The Kier molecular flexibility index (Phi) is 5.26. The van der Waals surface area contributed by atoms with E-state index in [0.717, 1.165) is 25.2 Å². The van der Waals surface area contributed by atoms with Gasteiger partial charge in [-0.15, -0.1) is 0 Å². The molecule has 0 heterocycles. The smallest absolute Gasteiger partial charge is 0.0829 e. The van der Waals surface area contributed by atoms with Crippen molar-refractivity contribution in [3.8, 4) is 0 Å². The zero-order valence-corrected chi connectivity index (χ0v) is 11.5. The lowest BCUT2D eigenvalue weighted by molar-refractivity contribution is -0.0702. The van der Waals surface area contributed by atoms with Crippen LogP contribution in [0.5, 0.6) is 0 Å². The van der Waals surface area contributed by atoms with E-state index in [1.807, 2.05) is 7.11 Å². The first-order valence-corrected chi connectivity index (χ1v) is 6.84. The van der Waals surface area contributed by atoms with Crippen molar-refractivity contribution in [1.82, 2.24) is 0 Å². The second-order valence-electron chi connectivity index (χ2n) is 5.81. The second kappa shape index (κ2) is 6.02. The molecule has 2 heteroatoms. The molecule has 96 valence electrons. The van der Waals surface area contributed by atoms with Gasteiger partial charge in [0.1, 0.15) is 0 Å². The summed E-state index contributed by atoms with van der Waals surface area (Å²) in [6.45, 7) is 6.86. The highest BCUT2D eigenvalue weighted by molar-refractivity contribution is 4.95. The van der Waals surface area contributed by atoms with Gasteiger partial charge in [0.05, 0.1) is 5.60 Å². The fourth-order valence-electron chi connectivity index (χ4n) is 2.79. The standard InChI is InChI=1S/C14H29NO/c1-5-11(2)10-13(15)14(16-4)8-6-12(3)7-9-14/h11-13H,5-10,15H2,1-4H3. The minimum atomic E-state index is -0.0318. The average Bonchev–Trinajstić information content (AvgIpc) is 2.30. The van der Waals surface area contributed by atoms with Crippen molar-refractivity contribution in [3.05, 3.63) is 0 Å². The Balaban J connectivity index is 2.57. The number of ether oxygens (including phenoxy) is 1. The van der Waals surface area contributed by atoms with E-state index in [2.05, 4.69) is 20.8 Å². The van der Waals surface area contributed by atoms with Gasteiger partial charge in [-0.1, -0.05) is 27.2 Å². The van der Waals surface area contributed by atoms with Crippen LogP contribution in [0.3, 0.4) is 0 Å². The number of hydrogen-bond acceptors (Lipinski definition) is 2. The lowest BCUT2D eigenvalue weighted by atomic mass is 9.73. The number of hydrogen-bond donors (Lipinski definition) is 1. The maximum atomic E-state index is 6.39. The van der Waals surface area contributed by atoms with Crippen LogP contribution in [-0.4, -0.2) is 18.8 Å². The Morgan fingerprint density at radius 3 is 2.38 bits per heavy atom. The molecule has 1 saturated carbocycles. The Labute approximate surface area is 101 Å². The molecule has 1 rings (SSSR count). The van der Waals surface area contributed by atoms with E-state index in [1.54, 1.807) is 0 Å². The number of rotatable bonds is 5. The Hall–Kier alpha value is -0.0800. The molecule has 2 atom stereocenters. The third-order valence-electron chi connectivity index (χ3n) is 4.56. The Morgan fingerprint density at radius 2 is 1.94 bits per heavy atom. The van der Waals surface area contributed by atoms with Crippen LogP contribution in [0, 0.1) is 11.8 Å². The predicted octanol–water partition coefficient (Wildman–Crippen LogP) is 3.35. The van der Waals surface area contributed by atoms with Crippen molar-refractivity contribution in [2.75, 3.05) is 7.11 Å². The number of methoxy groups -OCH3 is 1. The molecule has 16 heavy (non-hydrogen) atoms. The van der Waals surface area contributed by atoms with E-state index in [9.17, 15) is 0 Å². The van der Waals surface area contributed by atoms with E-state index in [-0.39, 0.29) is 11.6 Å². The first kappa shape index (κ1) is 14.0. The molecule has 0 aromatic carbocycles. The molecule has 0 radical (unpaired) electrons. The van der Waals surface area contributed by atoms with Gasteiger partial charge in [-0.25, -0.2) is 0 Å². The summed E-state index contributed by atoms with van der Waals surface area (Å²) in [5, 5.41) is 0. The van der Waals surface area contributed by atoms with Crippen molar-refractivity contribution in [2.45, 2.75) is 70.9 Å². The largest absolute Gasteiger partial charge is 0.377 e. The van der Waals surface area contributed by atoms with Crippen LogP contribution < -0.4 is 5.73 Å². The summed E-state index contributed by atoms with van der Waals surface area (Å²) in [7, 11) is 1.84. The lowest BCUT2D eigenvalue weighted by Gasteiger charge is -2.43. The lowest BCUT2D eigenvalue weighted by Crippen LogP contribution is -2.52. The van der Waals surface area contributed by atoms with E-state index < -0.39 is 0 Å². The molecule has 1 fully saturated rings. The highest BCUT2D eigenvalue weighted by Gasteiger charge is 2.39. The van der Waals surface area contributed by atoms with Gasteiger partial charge >= 0.3 is 0 Å². The van der Waals surface area contributed by atoms with Crippen LogP contribution in [0.15, 0.2) is 0 Å². The molecule has 0 aromatic heterocycles. The molecule has 0 amide bonds. The fourth-order valence-corrected chi connectivity index (χ4v) is 2.79. The fraction of sp³-hybridized carbons (Fsp3) is 1.00. The monoisotopic (exact) mass is 227 g/mol. The maximum absolute atomic E-state index is 6.39. The Bertz CT molecular complexity index is 197. The molecule has 1 aliphatic rings. The molecule has 0 spiro atoms. The van der Waals surface area contributed by atoms with Gasteiger partial charge in [0.2, 0.25) is 0 Å². The molecule has 1 aliphatic carbocycles. The van der Waals surface area contributed by atoms with Gasteiger partial charge in [-0.05, 0) is 43.9 Å². The first-order valence-electron chi connectivity index (χ1n) is 6.84. The van der Waals surface area contributed by atoms with Crippen molar-refractivity contribution >= 4 is 0 Å². The molecule has 0 aliphatic heterocycles. The van der Waals surface area contributed by atoms with Gasteiger partial charge in [-0.3, -0.25) is 0 Å². The van der Waals surface area contributed by atoms with E-state index >= 15 is 0 Å². The molecular formula is C14H29NO. The van der Waals surface area contributed by atoms with Crippen molar-refractivity contribution in [3.63, 3.8) is 0 Å². The van der Waals surface area contributed by atoms with Gasteiger partial charge in [0, 0.05) is 13.2 Å². The SMILES string of the molecule is CCC(C)CC(N)C1(OC)CCC(C)CC1. The quantitative estimate of drug-likeness (QED) is 0.781. The highest BCUT2D eigenvalue weighted by Crippen LogP contribution is 2.37. The number of nitrogens with two attached hydrogens (primary N) is 1.